The zero-order valence-corrected chi connectivity index (χ0v) is 18.5. The van der Waals surface area contributed by atoms with E-state index in [-0.39, 0.29) is 17.6 Å². The molecule has 9 heteroatoms. The van der Waals surface area contributed by atoms with Gasteiger partial charge in [-0.3, -0.25) is 15.2 Å². The fourth-order valence-corrected chi connectivity index (χ4v) is 2.96. The van der Waals surface area contributed by atoms with Gasteiger partial charge in [0, 0.05) is 37.9 Å². The Morgan fingerprint density at radius 1 is 1.28 bits per heavy atom. The van der Waals surface area contributed by atoms with Crippen LogP contribution >= 0.6 is 15.9 Å². The van der Waals surface area contributed by atoms with Crippen LogP contribution in [-0.4, -0.2) is 42.6 Å². The molecule has 1 aromatic heterocycles. The molecule has 2 rings (SSSR count). The Bertz CT molecular complexity index is 849. The van der Waals surface area contributed by atoms with Gasteiger partial charge in [0.15, 0.2) is 5.82 Å². The van der Waals surface area contributed by atoms with Gasteiger partial charge >= 0.3 is 0 Å². The highest BCUT2D eigenvalue weighted by Gasteiger charge is 2.18. The molecule has 3 N–H and O–H groups in total. The van der Waals surface area contributed by atoms with Crippen molar-refractivity contribution in [2.45, 2.75) is 20.4 Å². The van der Waals surface area contributed by atoms with Crippen molar-refractivity contribution in [3.05, 3.63) is 51.9 Å². The minimum absolute atomic E-state index is 0.0429. The number of carbonyl (C=O) groups is 1. The molecule has 0 atom stereocenters. The van der Waals surface area contributed by atoms with Gasteiger partial charge in [-0.25, -0.2) is 4.98 Å². The Morgan fingerprint density at radius 3 is 2.62 bits per heavy atom. The average molecular weight is 460 g/mol. The summed E-state index contributed by atoms with van der Waals surface area (Å²) >= 11 is 3.40. The molecule has 1 amide bonds. The van der Waals surface area contributed by atoms with Crippen molar-refractivity contribution in [3.63, 3.8) is 0 Å². The Morgan fingerprint density at radius 2 is 2.00 bits per heavy atom. The molecule has 0 spiro atoms. The number of nitrogens with zero attached hydrogens (tertiary/aromatic N) is 4. The molecule has 154 valence electrons. The molecule has 1 heterocycles. The summed E-state index contributed by atoms with van der Waals surface area (Å²) in [6, 6.07) is 9.39. The van der Waals surface area contributed by atoms with E-state index in [2.05, 4.69) is 42.0 Å². The van der Waals surface area contributed by atoms with E-state index >= 15 is 0 Å². The number of aromatic nitrogens is 2. The summed E-state index contributed by atoms with van der Waals surface area (Å²) in [7, 11) is 1.92. The standard InChI is InChI=1S/C20H26BrN7O/c1-14(2)13-28(19-17(21)12-25-18(10-22)26-19)27-20(29)16-6-4-15(5-7-16)11-24-9-8-23-3/h4-7,12,14,23-24H,8-9,11,13H2,1-3H3,(H,27,29). The summed E-state index contributed by atoms with van der Waals surface area (Å²) in [5, 5.41) is 17.1. The van der Waals surface area contributed by atoms with Crippen LogP contribution < -0.4 is 21.1 Å². The molecule has 1 aromatic carbocycles. The monoisotopic (exact) mass is 459 g/mol. The van der Waals surface area contributed by atoms with Crippen LogP contribution in [0.5, 0.6) is 0 Å². The van der Waals surface area contributed by atoms with Gasteiger partial charge in [-0.1, -0.05) is 26.0 Å². The summed E-state index contributed by atoms with van der Waals surface area (Å²) in [6.45, 7) is 7.12. The van der Waals surface area contributed by atoms with Crippen LogP contribution in [0, 0.1) is 17.2 Å². The second kappa shape index (κ2) is 11.5. The van der Waals surface area contributed by atoms with Gasteiger partial charge in [0.2, 0.25) is 5.82 Å². The predicted octanol–water partition coefficient (Wildman–Crippen LogP) is 2.23. The minimum Gasteiger partial charge on any atom is -0.318 e. The van der Waals surface area contributed by atoms with Crippen molar-refractivity contribution in [2.75, 3.05) is 31.7 Å². The normalized spacial score (nSPS) is 10.6. The predicted molar refractivity (Wildman–Crippen MR) is 116 cm³/mol. The van der Waals surface area contributed by atoms with Gasteiger partial charge in [-0.2, -0.15) is 10.2 Å². The first-order valence-electron chi connectivity index (χ1n) is 9.40. The largest absolute Gasteiger partial charge is 0.318 e. The van der Waals surface area contributed by atoms with E-state index in [1.165, 1.54) is 6.20 Å². The average Bonchev–Trinajstić information content (AvgIpc) is 2.71. The molecule has 0 fully saturated rings. The van der Waals surface area contributed by atoms with Crippen molar-refractivity contribution >= 4 is 27.7 Å². The van der Waals surface area contributed by atoms with Gasteiger partial charge in [0.05, 0.1) is 4.47 Å². The SMILES string of the molecule is CNCCNCc1ccc(C(=O)NN(CC(C)C)c2nc(C#N)ncc2Br)cc1. The van der Waals surface area contributed by atoms with Crippen LogP contribution in [0.25, 0.3) is 0 Å². The Kier molecular flexibility index (Phi) is 8.99. The van der Waals surface area contributed by atoms with E-state index in [1.54, 1.807) is 17.1 Å². The molecule has 0 saturated heterocycles. The number of carbonyl (C=O) groups excluding carboxylic acids is 1. The first-order valence-corrected chi connectivity index (χ1v) is 10.2. The van der Waals surface area contributed by atoms with E-state index in [4.69, 9.17) is 5.26 Å². The first kappa shape index (κ1) is 22.7. The van der Waals surface area contributed by atoms with Crippen molar-refractivity contribution in [3.8, 4) is 6.07 Å². The van der Waals surface area contributed by atoms with Gasteiger partial charge < -0.3 is 10.6 Å². The molecule has 0 aliphatic heterocycles. The fraction of sp³-hybridized carbons (Fsp3) is 0.400. The highest BCUT2D eigenvalue weighted by atomic mass is 79.9. The Hall–Kier alpha value is -2.54. The van der Waals surface area contributed by atoms with Gasteiger partial charge in [0.1, 0.15) is 6.07 Å². The molecule has 29 heavy (non-hydrogen) atoms. The number of hydrogen-bond acceptors (Lipinski definition) is 7. The molecule has 2 aromatic rings. The van der Waals surface area contributed by atoms with Crippen molar-refractivity contribution in [2.24, 2.45) is 5.92 Å². The third-order valence-electron chi connectivity index (χ3n) is 3.96. The maximum absolute atomic E-state index is 12.8. The Labute approximate surface area is 179 Å². The second-order valence-corrected chi connectivity index (χ2v) is 7.75. The minimum atomic E-state index is -0.246. The van der Waals surface area contributed by atoms with E-state index < -0.39 is 0 Å². The summed E-state index contributed by atoms with van der Waals surface area (Å²) in [6.07, 6.45) is 1.51. The summed E-state index contributed by atoms with van der Waals surface area (Å²) in [5.74, 6) is 0.503. The molecular weight excluding hydrogens is 434 g/mol. The number of benzene rings is 1. The number of hydrogen-bond donors (Lipinski definition) is 3. The van der Waals surface area contributed by atoms with Gasteiger partial charge in [-0.05, 0) is 46.6 Å². The topological polar surface area (TPSA) is 106 Å². The number of rotatable bonds is 10. The Balaban J connectivity index is 2.11. The molecule has 0 aliphatic rings. The molecule has 0 unspecified atom stereocenters. The smallest absolute Gasteiger partial charge is 0.269 e. The maximum atomic E-state index is 12.8. The highest BCUT2D eigenvalue weighted by molar-refractivity contribution is 9.10. The lowest BCUT2D eigenvalue weighted by Gasteiger charge is -2.26. The number of halogens is 1. The number of hydrazine groups is 1. The van der Waals surface area contributed by atoms with Gasteiger partial charge in [-0.15, -0.1) is 0 Å². The number of nitriles is 1. The lowest BCUT2D eigenvalue weighted by atomic mass is 10.1. The van der Waals surface area contributed by atoms with E-state index in [9.17, 15) is 4.79 Å². The second-order valence-electron chi connectivity index (χ2n) is 6.90. The fourth-order valence-electron chi connectivity index (χ4n) is 2.56. The maximum Gasteiger partial charge on any atom is 0.269 e. The number of amides is 1. The van der Waals surface area contributed by atoms with Crippen LogP contribution in [0.1, 0.15) is 35.6 Å². The molecule has 0 saturated carbocycles. The van der Waals surface area contributed by atoms with Crippen LogP contribution in [0.15, 0.2) is 34.9 Å². The number of likely N-dealkylation sites (N-methyl/N-ethyl adjacent to an activating group) is 1. The molecule has 8 nitrogen and oxygen atoms in total. The van der Waals surface area contributed by atoms with E-state index in [0.717, 1.165) is 25.2 Å². The lowest BCUT2D eigenvalue weighted by Crippen LogP contribution is -2.45. The zero-order chi connectivity index (χ0) is 21.2. The highest BCUT2D eigenvalue weighted by Crippen LogP contribution is 2.23. The van der Waals surface area contributed by atoms with Crippen molar-refractivity contribution in [1.29, 1.82) is 5.26 Å². The molecule has 0 radical (unpaired) electrons. The summed E-state index contributed by atoms with van der Waals surface area (Å²) < 4.78 is 0.598. The molecule has 0 bridgehead atoms. The van der Waals surface area contributed by atoms with Crippen LogP contribution in [0.2, 0.25) is 0 Å². The molecular formula is C20H26BrN7O. The molecule has 0 aliphatic carbocycles. The van der Waals surface area contributed by atoms with Crippen LogP contribution in [-0.2, 0) is 6.54 Å². The summed E-state index contributed by atoms with van der Waals surface area (Å²) in [4.78, 5) is 21.0. The van der Waals surface area contributed by atoms with E-state index in [1.807, 2.05) is 39.1 Å². The first-order chi connectivity index (χ1) is 13.9. The third-order valence-corrected chi connectivity index (χ3v) is 4.52. The third kappa shape index (κ3) is 7.09. The quantitative estimate of drug-likeness (QED) is 0.369. The number of anilines is 1. The zero-order valence-electron chi connectivity index (χ0n) is 16.9. The van der Waals surface area contributed by atoms with Crippen molar-refractivity contribution < 1.29 is 4.79 Å². The van der Waals surface area contributed by atoms with Crippen LogP contribution in [0.4, 0.5) is 5.82 Å². The summed E-state index contributed by atoms with van der Waals surface area (Å²) in [5.41, 5.74) is 4.54. The lowest BCUT2D eigenvalue weighted by molar-refractivity contribution is 0.0947. The number of nitrogens with one attached hydrogen (secondary N) is 3. The van der Waals surface area contributed by atoms with Gasteiger partial charge in [0.25, 0.3) is 5.91 Å². The van der Waals surface area contributed by atoms with Crippen LogP contribution in [0.3, 0.4) is 0 Å². The van der Waals surface area contributed by atoms with Crippen molar-refractivity contribution in [1.82, 2.24) is 26.0 Å². The van der Waals surface area contributed by atoms with E-state index in [0.29, 0.717) is 22.4 Å².